The first-order valence-electron chi connectivity index (χ1n) is 4.39. The van der Waals surface area contributed by atoms with Gasteiger partial charge in [0.25, 0.3) is 0 Å². The summed E-state index contributed by atoms with van der Waals surface area (Å²) >= 11 is 0. The molecule has 0 bridgehead atoms. The Labute approximate surface area is 78.1 Å². The van der Waals surface area contributed by atoms with Crippen molar-refractivity contribution in [2.75, 3.05) is 0 Å². The van der Waals surface area contributed by atoms with E-state index in [1.165, 1.54) is 6.08 Å². The van der Waals surface area contributed by atoms with Crippen LogP contribution in [0.4, 0.5) is 13.2 Å². The molecule has 0 unspecified atom stereocenters. The van der Waals surface area contributed by atoms with Crippen molar-refractivity contribution in [3.8, 4) is 0 Å². The summed E-state index contributed by atoms with van der Waals surface area (Å²) < 4.78 is 35.3. The third kappa shape index (κ3) is 9.18. The fourth-order valence-electron chi connectivity index (χ4n) is 0.443. The molecule has 0 aromatic carbocycles. The lowest BCUT2D eigenvalue weighted by molar-refractivity contribution is -0.0912. The predicted molar refractivity (Wildman–Crippen MR) is 50.6 cm³/mol. The highest BCUT2D eigenvalue weighted by Crippen LogP contribution is 2.24. The molecule has 0 atom stereocenters. The van der Waals surface area contributed by atoms with E-state index in [9.17, 15) is 13.2 Å². The van der Waals surface area contributed by atoms with Crippen LogP contribution in [0.3, 0.4) is 0 Å². The van der Waals surface area contributed by atoms with Gasteiger partial charge in [0, 0.05) is 5.57 Å². The van der Waals surface area contributed by atoms with E-state index in [1.807, 2.05) is 20.8 Å². The molecular weight excluding hydrogens is 177 g/mol. The van der Waals surface area contributed by atoms with Gasteiger partial charge in [-0.3, -0.25) is 0 Å². The van der Waals surface area contributed by atoms with Gasteiger partial charge < -0.3 is 0 Å². The molecule has 0 rings (SSSR count). The van der Waals surface area contributed by atoms with Crippen LogP contribution in [-0.4, -0.2) is 6.18 Å². The Balaban J connectivity index is 0. The van der Waals surface area contributed by atoms with E-state index in [4.69, 9.17) is 0 Å². The van der Waals surface area contributed by atoms with Crippen LogP contribution < -0.4 is 0 Å². The maximum absolute atomic E-state index is 11.8. The monoisotopic (exact) mass is 194 g/mol. The number of allylic oxidation sites excluding steroid dienone is 4. The number of hydrogen-bond donors (Lipinski definition) is 0. The van der Waals surface area contributed by atoms with Crippen molar-refractivity contribution in [1.82, 2.24) is 0 Å². The Bertz CT molecular complexity index is 163. The number of hydrogen-bond acceptors (Lipinski definition) is 0. The van der Waals surface area contributed by atoms with Crippen LogP contribution >= 0.6 is 0 Å². The van der Waals surface area contributed by atoms with E-state index in [1.54, 1.807) is 6.08 Å². The molecule has 0 aliphatic heterocycles. The SMILES string of the molecule is CC.CC/C=C\C=C(/C)C(F)(F)F. The second-order valence-electron chi connectivity index (χ2n) is 2.18. The lowest BCUT2D eigenvalue weighted by Crippen LogP contribution is -2.08. The largest absolute Gasteiger partial charge is 0.412 e. The molecule has 0 N–H and O–H groups in total. The fraction of sp³-hybridized carbons (Fsp3) is 0.600. The summed E-state index contributed by atoms with van der Waals surface area (Å²) in [5.41, 5.74) is -0.567. The van der Waals surface area contributed by atoms with Gasteiger partial charge >= 0.3 is 6.18 Å². The average molecular weight is 194 g/mol. The molecule has 0 heterocycles. The molecule has 0 spiro atoms. The van der Waals surface area contributed by atoms with Gasteiger partial charge in [-0.2, -0.15) is 13.2 Å². The minimum absolute atomic E-state index is 0.567. The zero-order valence-corrected chi connectivity index (χ0v) is 8.57. The summed E-state index contributed by atoms with van der Waals surface area (Å²) in [4.78, 5) is 0. The average Bonchev–Trinajstić information content (AvgIpc) is 2.07. The summed E-state index contributed by atoms with van der Waals surface area (Å²) in [6.07, 6.45) is 0.737. The summed E-state index contributed by atoms with van der Waals surface area (Å²) in [6.45, 7) is 6.92. The summed E-state index contributed by atoms with van der Waals surface area (Å²) in [6, 6.07) is 0. The molecule has 0 nitrogen and oxygen atoms in total. The lowest BCUT2D eigenvalue weighted by atomic mass is 10.2. The van der Waals surface area contributed by atoms with Crippen molar-refractivity contribution >= 4 is 0 Å². The van der Waals surface area contributed by atoms with Crippen LogP contribution in [0, 0.1) is 0 Å². The summed E-state index contributed by atoms with van der Waals surface area (Å²) in [5.74, 6) is 0. The van der Waals surface area contributed by atoms with Gasteiger partial charge in [0.05, 0.1) is 0 Å². The van der Waals surface area contributed by atoms with Crippen molar-refractivity contribution in [2.24, 2.45) is 0 Å². The van der Waals surface area contributed by atoms with Crippen LogP contribution in [0.25, 0.3) is 0 Å². The highest BCUT2D eigenvalue weighted by molar-refractivity contribution is 5.14. The van der Waals surface area contributed by atoms with Gasteiger partial charge in [0.2, 0.25) is 0 Å². The van der Waals surface area contributed by atoms with Crippen molar-refractivity contribution < 1.29 is 13.2 Å². The van der Waals surface area contributed by atoms with Crippen molar-refractivity contribution in [1.29, 1.82) is 0 Å². The van der Waals surface area contributed by atoms with Gasteiger partial charge in [-0.25, -0.2) is 0 Å². The zero-order chi connectivity index (χ0) is 10.9. The van der Waals surface area contributed by atoms with Gasteiger partial charge in [-0.05, 0) is 13.3 Å². The van der Waals surface area contributed by atoms with E-state index in [2.05, 4.69) is 0 Å². The third-order valence-corrected chi connectivity index (χ3v) is 1.17. The fourth-order valence-corrected chi connectivity index (χ4v) is 0.443. The van der Waals surface area contributed by atoms with Gasteiger partial charge in [-0.15, -0.1) is 0 Å². The van der Waals surface area contributed by atoms with Gasteiger partial charge in [0.1, 0.15) is 0 Å². The zero-order valence-electron chi connectivity index (χ0n) is 8.57. The van der Waals surface area contributed by atoms with Crippen LogP contribution in [0.5, 0.6) is 0 Å². The van der Waals surface area contributed by atoms with Crippen LogP contribution in [-0.2, 0) is 0 Å². The standard InChI is InChI=1S/C8H11F3.C2H6/c1-3-4-5-6-7(2)8(9,10)11;1-2/h4-6H,3H2,1-2H3;1-2H3/b5-4-,7-6+;. The van der Waals surface area contributed by atoms with Crippen molar-refractivity contribution in [3.63, 3.8) is 0 Å². The van der Waals surface area contributed by atoms with E-state index in [0.717, 1.165) is 19.4 Å². The van der Waals surface area contributed by atoms with E-state index >= 15 is 0 Å². The van der Waals surface area contributed by atoms with Crippen LogP contribution in [0.2, 0.25) is 0 Å². The maximum atomic E-state index is 11.8. The molecule has 78 valence electrons. The molecule has 0 radical (unpaired) electrons. The minimum atomic E-state index is -4.18. The Kier molecular flexibility index (Phi) is 8.97. The molecule has 3 heteroatoms. The van der Waals surface area contributed by atoms with Crippen LogP contribution in [0.15, 0.2) is 23.8 Å². The molecule has 13 heavy (non-hydrogen) atoms. The highest BCUT2D eigenvalue weighted by Gasteiger charge is 2.29. The Morgan fingerprint density at radius 1 is 1.23 bits per heavy atom. The van der Waals surface area contributed by atoms with Gasteiger partial charge in [-0.1, -0.05) is 39.0 Å². The summed E-state index contributed by atoms with van der Waals surface area (Å²) in [5, 5.41) is 0. The molecule has 0 aromatic rings. The Hall–Kier alpha value is -0.730. The molecule has 0 fully saturated rings. The van der Waals surface area contributed by atoms with E-state index < -0.39 is 11.7 Å². The molecule has 0 saturated carbocycles. The second-order valence-corrected chi connectivity index (χ2v) is 2.18. The van der Waals surface area contributed by atoms with E-state index in [-0.39, 0.29) is 0 Å². The molecule has 0 amide bonds. The number of halogens is 3. The smallest absolute Gasteiger partial charge is 0.166 e. The molecule has 0 aliphatic carbocycles. The first-order chi connectivity index (χ1) is 5.98. The van der Waals surface area contributed by atoms with Gasteiger partial charge in [0.15, 0.2) is 0 Å². The normalized spacial score (nSPS) is 12.7. The Morgan fingerprint density at radius 2 is 1.69 bits per heavy atom. The van der Waals surface area contributed by atoms with Crippen molar-refractivity contribution in [2.45, 2.75) is 40.3 Å². The third-order valence-electron chi connectivity index (χ3n) is 1.17. The first-order valence-corrected chi connectivity index (χ1v) is 4.39. The maximum Gasteiger partial charge on any atom is 0.412 e. The minimum Gasteiger partial charge on any atom is -0.166 e. The second kappa shape index (κ2) is 7.90. The molecule has 0 aliphatic rings. The predicted octanol–water partition coefficient (Wildman–Crippen LogP) is 4.49. The molecule has 0 aromatic heterocycles. The number of alkyl halides is 3. The highest BCUT2D eigenvalue weighted by atomic mass is 19.4. The molecular formula is C10H17F3. The van der Waals surface area contributed by atoms with Crippen molar-refractivity contribution in [3.05, 3.63) is 23.8 Å². The number of rotatable bonds is 2. The topological polar surface area (TPSA) is 0 Å². The summed E-state index contributed by atoms with van der Waals surface area (Å²) in [7, 11) is 0. The Morgan fingerprint density at radius 3 is 2.00 bits per heavy atom. The van der Waals surface area contributed by atoms with Crippen LogP contribution in [0.1, 0.15) is 34.1 Å². The first kappa shape index (κ1) is 14.8. The lowest BCUT2D eigenvalue weighted by Gasteiger charge is -2.03. The van der Waals surface area contributed by atoms with E-state index in [0.29, 0.717) is 0 Å². The quantitative estimate of drug-likeness (QED) is 0.568. The molecule has 0 saturated heterocycles.